The van der Waals surface area contributed by atoms with Crippen LogP contribution in [0.15, 0.2) is 0 Å². The van der Waals surface area contributed by atoms with E-state index in [0.29, 0.717) is 30.6 Å². The van der Waals surface area contributed by atoms with Crippen molar-refractivity contribution in [3.63, 3.8) is 0 Å². The highest BCUT2D eigenvalue weighted by Gasteiger charge is 2.42. The zero-order valence-corrected chi connectivity index (χ0v) is 14.3. The molecule has 1 heterocycles. The minimum Gasteiger partial charge on any atom is -0.388 e. The van der Waals surface area contributed by atoms with Crippen molar-refractivity contribution in [1.29, 1.82) is 0 Å². The summed E-state index contributed by atoms with van der Waals surface area (Å²) in [6.07, 6.45) is 4.12. The molecule has 4 heteroatoms. The van der Waals surface area contributed by atoms with E-state index < -0.39 is 5.60 Å². The first-order valence-electron chi connectivity index (χ1n) is 8.58. The van der Waals surface area contributed by atoms with Crippen LogP contribution in [0, 0.1) is 11.3 Å². The lowest BCUT2D eigenvalue weighted by Gasteiger charge is -2.38. The van der Waals surface area contributed by atoms with E-state index in [4.69, 9.17) is 4.74 Å². The van der Waals surface area contributed by atoms with E-state index in [0.717, 1.165) is 32.5 Å². The van der Waals surface area contributed by atoms with Crippen LogP contribution < -0.4 is 5.32 Å². The minimum atomic E-state index is -0.547. The smallest absolute Gasteiger partial charge is 0.0817 e. The molecule has 1 saturated heterocycles. The molecule has 21 heavy (non-hydrogen) atoms. The first kappa shape index (κ1) is 17.2. The number of aliphatic hydroxyl groups is 1. The Balaban J connectivity index is 1.88. The molecule has 2 fully saturated rings. The van der Waals surface area contributed by atoms with Crippen LogP contribution in [-0.4, -0.2) is 61.5 Å². The maximum atomic E-state index is 10.7. The molecular formula is C17H34N2O2. The number of nitrogens with zero attached hydrogens (tertiary/aromatic N) is 1. The summed E-state index contributed by atoms with van der Waals surface area (Å²) in [6, 6.07) is 0.592. The maximum absolute atomic E-state index is 10.7. The van der Waals surface area contributed by atoms with E-state index in [-0.39, 0.29) is 0 Å². The average Bonchev–Trinajstić information content (AvgIpc) is 2.67. The van der Waals surface area contributed by atoms with Crippen molar-refractivity contribution in [2.24, 2.45) is 11.3 Å². The Morgan fingerprint density at radius 3 is 2.52 bits per heavy atom. The molecule has 0 aromatic rings. The third-order valence-corrected chi connectivity index (χ3v) is 5.43. The fraction of sp³-hybridized carbons (Fsp3) is 1.00. The summed E-state index contributed by atoms with van der Waals surface area (Å²) in [5.41, 5.74) is -0.161. The van der Waals surface area contributed by atoms with Gasteiger partial charge in [-0.15, -0.1) is 0 Å². The summed E-state index contributed by atoms with van der Waals surface area (Å²) in [6.45, 7) is 11.2. The Morgan fingerprint density at radius 2 is 1.90 bits per heavy atom. The highest BCUT2D eigenvalue weighted by atomic mass is 16.5. The van der Waals surface area contributed by atoms with E-state index in [2.05, 4.69) is 38.0 Å². The zero-order chi connectivity index (χ0) is 15.5. The zero-order valence-electron chi connectivity index (χ0n) is 14.3. The summed E-state index contributed by atoms with van der Waals surface area (Å²) in [5, 5.41) is 14.3. The van der Waals surface area contributed by atoms with Gasteiger partial charge in [0.2, 0.25) is 0 Å². The second-order valence-electron chi connectivity index (χ2n) is 7.86. The Labute approximate surface area is 130 Å². The summed E-state index contributed by atoms with van der Waals surface area (Å²) in [5.74, 6) is 0.688. The monoisotopic (exact) mass is 298 g/mol. The number of likely N-dealkylation sites (N-methyl/N-ethyl adjacent to an activating group) is 1. The quantitative estimate of drug-likeness (QED) is 0.786. The Bertz CT molecular complexity index is 327. The van der Waals surface area contributed by atoms with Crippen molar-refractivity contribution in [2.45, 2.75) is 58.1 Å². The molecule has 0 aromatic carbocycles. The summed E-state index contributed by atoms with van der Waals surface area (Å²) in [7, 11) is 2.15. The predicted molar refractivity (Wildman–Crippen MR) is 86.5 cm³/mol. The van der Waals surface area contributed by atoms with Crippen molar-refractivity contribution in [2.75, 3.05) is 39.9 Å². The first-order valence-corrected chi connectivity index (χ1v) is 8.58. The maximum Gasteiger partial charge on any atom is 0.0817 e. The Kier molecular flexibility index (Phi) is 5.69. The van der Waals surface area contributed by atoms with Gasteiger partial charge in [0.15, 0.2) is 0 Å². The van der Waals surface area contributed by atoms with Gasteiger partial charge in [0.25, 0.3) is 0 Å². The van der Waals surface area contributed by atoms with Gasteiger partial charge in [0.1, 0.15) is 0 Å². The molecule has 0 spiro atoms. The lowest BCUT2D eigenvalue weighted by molar-refractivity contribution is -0.0783. The Hall–Kier alpha value is -0.160. The number of ether oxygens (including phenoxy) is 1. The van der Waals surface area contributed by atoms with Crippen LogP contribution in [0.25, 0.3) is 0 Å². The summed E-state index contributed by atoms with van der Waals surface area (Å²) >= 11 is 0. The van der Waals surface area contributed by atoms with Crippen LogP contribution in [0.5, 0.6) is 0 Å². The molecule has 0 bridgehead atoms. The topological polar surface area (TPSA) is 44.7 Å². The Morgan fingerprint density at radius 1 is 1.24 bits per heavy atom. The number of rotatable bonds is 6. The predicted octanol–water partition coefficient (Wildman–Crippen LogP) is 1.87. The molecule has 0 amide bonds. The molecule has 0 aromatic heterocycles. The SMILES string of the molecule is CCNC1C(CN(C)CC2(O)CCOCC2)CCC1(C)C. The van der Waals surface area contributed by atoms with E-state index in [9.17, 15) is 5.11 Å². The highest BCUT2D eigenvalue weighted by Crippen LogP contribution is 2.41. The van der Waals surface area contributed by atoms with E-state index in [1.165, 1.54) is 12.8 Å². The fourth-order valence-electron chi connectivity index (χ4n) is 4.25. The molecule has 1 aliphatic carbocycles. The van der Waals surface area contributed by atoms with Gasteiger partial charge >= 0.3 is 0 Å². The summed E-state index contributed by atoms with van der Waals surface area (Å²) < 4.78 is 5.37. The van der Waals surface area contributed by atoms with Crippen molar-refractivity contribution in [3.05, 3.63) is 0 Å². The van der Waals surface area contributed by atoms with Gasteiger partial charge in [-0.2, -0.15) is 0 Å². The summed E-state index contributed by atoms with van der Waals surface area (Å²) in [4.78, 5) is 2.34. The second-order valence-corrected chi connectivity index (χ2v) is 7.86. The van der Waals surface area contributed by atoms with Gasteiger partial charge in [-0.25, -0.2) is 0 Å². The van der Waals surface area contributed by atoms with Gasteiger partial charge in [-0.1, -0.05) is 20.8 Å². The average molecular weight is 298 g/mol. The van der Waals surface area contributed by atoms with Gasteiger partial charge in [0.05, 0.1) is 5.60 Å². The number of hydrogen-bond acceptors (Lipinski definition) is 4. The molecule has 2 unspecified atom stereocenters. The van der Waals surface area contributed by atoms with Gasteiger partial charge in [-0.3, -0.25) is 0 Å². The molecule has 2 rings (SSSR count). The van der Waals surface area contributed by atoms with Crippen molar-refractivity contribution >= 4 is 0 Å². The van der Waals surface area contributed by atoms with Crippen LogP contribution in [0.3, 0.4) is 0 Å². The van der Waals surface area contributed by atoms with Crippen molar-refractivity contribution in [1.82, 2.24) is 10.2 Å². The molecule has 1 saturated carbocycles. The molecule has 4 nitrogen and oxygen atoms in total. The van der Waals surface area contributed by atoms with Crippen molar-refractivity contribution in [3.8, 4) is 0 Å². The van der Waals surface area contributed by atoms with E-state index in [1.807, 2.05) is 0 Å². The molecular weight excluding hydrogens is 264 g/mol. The molecule has 0 radical (unpaired) electrons. The molecule has 2 N–H and O–H groups in total. The van der Waals surface area contributed by atoms with E-state index >= 15 is 0 Å². The van der Waals surface area contributed by atoms with Crippen LogP contribution in [-0.2, 0) is 4.74 Å². The van der Waals surface area contributed by atoms with Gasteiger partial charge in [-0.05, 0) is 37.8 Å². The third kappa shape index (κ3) is 4.41. The molecule has 124 valence electrons. The lowest BCUT2D eigenvalue weighted by atomic mass is 9.84. The third-order valence-electron chi connectivity index (χ3n) is 5.43. The number of nitrogens with one attached hydrogen (secondary N) is 1. The van der Waals surface area contributed by atoms with Crippen LogP contribution in [0.1, 0.15) is 46.5 Å². The second kappa shape index (κ2) is 6.95. The lowest BCUT2D eigenvalue weighted by Crippen LogP contribution is -2.49. The molecule has 2 aliphatic rings. The first-order chi connectivity index (χ1) is 9.86. The van der Waals surface area contributed by atoms with Crippen molar-refractivity contribution < 1.29 is 9.84 Å². The van der Waals surface area contributed by atoms with Gasteiger partial charge in [0, 0.05) is 45.2 Å². The van der Waals surface area contributed by atoms with Crippen LogP contribution >= 0.6 is 0 Å². The van der Waals surface area contributed by atoms with E-state index in [1.54, 1.807) is 0 Å². The molecule has 2 atom stereocenters. The number of hydrogen-bond donors (Lipinski definition) is 2. The largest absolute Gasteiger partial charge is 0.388 e. The van der Waals surface area contributed by atoms with Crippen LogP contribution in [0.2, 0.25) is 0 Å². The highest BCUT2D eigenvalue weighted by molar-refractivity contribution is 4.97. The van der Waals surface area contributed by atoms with Gasteiger partial charge < -0.3 is 20.1 Å². The standard InChI is InChI=1S/C17H34N2O2/c1-5-18-15-14(6-7-16(15,2)3)12-19(4)13-17(20)8-10-21-11-9-17/h14-15,18,20H,5-13H2,1-4H3. The minimum absolute atomic E-state index is 0.386. The molecule has 1 aliphatic heterocycles. The normalized spacial score (nSPS) is 31.7. The van der Waals surface area contributed by atoms with Crippen LogP contribution in [0.4, 0.5) is 0 Å². The fourth-order valence-corrected chi connectivity index (χ4v) is 4.25.